The van der Waals surface area contributed by atoms with E-state index < -0.39 is 0 Å². The summed E-state index contributed by atoms with van der Waals surface area (Å²) in [5.41, 5.74) is 3.56. The molecule has 6 nitrogen and oxygen atoms in total. The van der Waals surface area contributed by atoms with Crippen LogP contribution in [0.3, 0.4) is 0 Å². The van der Waals surface area contributed by atoms with E-state index in [1.807, 2.05) is 73.9 Å². The molecule has 2 amide bonds. The van der Waals surface area contributed by atoms with E-state index in [-0.39, 0.29) is 24.4 Å². The molecule has 0 aliphatic rings. The lowest BCUT2D eigenvalue weighted by atomic mass is 10.2. The van der Waals surface area contributed by atoms with Gasteiger partial charge in [-0.05, 0) is 44.5 Å². The summed E-state index contributed by atoms with van der Waals surface area (Å²) in [6.07, 6.45) is 1.26. The summed E-state index contributed by atoms with van der Waals surface area (Å²) in [7, 11) is 0. The van der Waals surface area contributed by atoms with Crippen molar-refractivity contribution in [3.8, 4) is 0 Å². The molecular weight excluding hydrogens is 352 g/mol. The maximum atomic E-state index is 12.7. The molecule has 2 N–H and O–H groups in total. The van der Waals surface area contributed by atoms with E-state index in [4.69, 9.17) is 0 Å². The lowest BCUT2D eigenvalue weighted by Crippen LogP contribution is -2.29. The van der Waals surface area contributed by atoms with Gasteiger partial charge in [0.15, 0.2) is 0 Å². The van der Waals surface area contributed by atoms with Crippen LogP contribution >= 0.6 is 0 Å². The van der Waals surface area contributed by atoms with Crippen LogP contribution in [0, 0.1) is 6.92 Å². The van der Waals surface area contributed by atoms with Crippen molar-refractivity contribution in [3.05, 3.63) is 59.9 Å². The molecule has 0 saturated carbocycles. The number of hydrogen-bond donors (Lipinski definition) is 2. The molecule has 146 valence electrons. The van der Waals surface area contributed by atoms with E-state index in [1.165, 1.54) is 0 Å². The average Bonchev–Trinajstić information content (AvgIpc) is 3.02. The summed E-state index contributed by atoms with van der Waals surface area (Å²) < 4.78 is 1.87. The maximum absolute atomic E-state index is 12.7. The highest BCUT2D eigenvalue weighted by Crippen LogP contribution is 2.21. The van der Waals surface area contributed by atoms with E-state index in [9.17, 15) is 9.59 Å². The number of nitrogens with zero attached hydrogens (tertiary/aromatic N) is 2. The van der Waals surface area contributed by atoms with Gasteiger partial charge in [0, 0.05) is 12.1 Å². The zero-order chi connectivity index (χ0) is 20.1. The molecule has 0 aliphatic heterocycles. The Labute approximate surface area is 165 Å². The van der Waals surface area contributed by atoms with Gasteiger partial charge in [-0.15, -0.1) is 0 Å². The Morgan fingerprint density at radius 2 is 1.79 bits per heavy atom. The summed E-state index contributed by atoms with van der Waals surface area (Å²) in [4.78, 5) is 29.3. The predicted octanol–water partition coefficient (Wildman–Crippen LogP) is 3.96. The van der Waals surface area contributed by atoms with Gasteiger partial charge >= 0.3 is 0 Å². The van der Waals surface area contributed by atoms with Gasteiger partial charge in [0.1, 0.15) is 12.4 Å². The molecule has 2 aromatic carbocycles. The molecule has 0 radical (unpaired) electrons. The lowest BCUT2D eigenvalue weighted by Gasteiger charge is -2.16. The van der Waals surface area contributed by atoms with Crippen LogP contribution < -0.4 is 10.6 Å². The summed E-state index contributed by atoms with van der Waals surface area (Å²) >= 11 is 0. The molecule has 3 rings (SSSR count). The SMILES string of the molecule is CCCC(=O)NC(C)c1nc2ccccc2n1CC(=O)Nc1ccc(C)cc1. The smallest absolute Gasteiger partial charge is 0.244 e. The van der Waals surface area contributed by atoms with Crippen LogP contribution in [0.4, 0.5) is 5.69 Å². The van der Waals surface area contributed by atoms with Gasteiger partial charge in [0.05, 0.1) is 17.1 Å². The van der Waals surface area contributed by atoms with Crippen molar-refractivity contribution >= 4 is 28.5 Å². The average molecular weight is 378 g/mol. The van der Waals surface area contributed by atoms with Crippen molar-refractivity contribution in [1.82, 2.24) is 14.9 Å². The monoisotopic (exact) mass is 378 g/mol. The second-order valence-electron chi connectivity index (χ2n) is 7.00. The first-order valence-corrected chi connectivity index (χ1v) is 9.59. The van der Waals surface area contributed by atoms with Crippen LogP contribution in [0.15, 0.2) is 48.5 Å². The van der Waals surface area contributed by atoms with Crippen molar-refractivity contribution in [2.24, 2.45) is 0 Å². The van der Waals surface area contributed by atoms with Crippen molar-refractivity contribution in [2.75, 3.05) is 5.32 Å². The van der Waals surface area contributed by atoms with Gasteiger partial charge in [-0.2, -0.15) is 0 Å². The maximum Gasteiger partial charge on any atom is 0.244 e. The summed E-state index contributed by atoms with van der Waals surface area (Å²) in [6, 6.07) is 15.1. The summed E-state index contributed by atoms with van der Waals surface area (Å²) in [5, 5.41) is 5.90. The Kier molecular flexibility index (Phi) is 6.09. The van der Waals surface area contributed by atoms with Crippen LogP contribution in [-0.2, 0) is 16.1 Å². The third-order valence-corrected chi connectivity index (χ3v) is 4.56. The molecule has 0 saturated heterocycles. The van der Waals surface area contributed by atoms with Gasteiger partial charge in [-0.3, -0.25) is 9.59 Å². The highest BCUT2D eigenvalue weighted by molar-refractivity contribution is 5.91. The molecule has 1 heterocycles. The number of amides is 2. The second-order valence-corrected chi connectivity index (χ2v) is 7.00. The van der Waals surface area contributed by atoms with Crippen LogP contribution in [0.2, 0.25) is 0 Å². The summed E-state index contributed by atoms with van der Waals surface area (Å²) in [5.74, 6) is 0.516. The Balaban J connectivity index is 1.84. The molecule has 3 aromatic rings. The largest absolute Gasteiger partial charge is 0.346 e. The number of imidazole rings is 1. The lowest BCUT2D eigenvalue weighted by molar-refractivity contribution is -0.121. The number of carbonyl (C=O) groups is 2. The highest BCUT2D eigenvalue weighted by Gasteiger charge is 2.19. The minimum absolute atomic E-state index is 0.0160. The number of carbonyl (C=O) groups excluding carboxylic acids is 2. The molecule has 0 spiro atoms. The van der Waals surface area contributed by atoms with Crippen molar-refractivity contribution < 1.29 is 9.59 Å². The van der Waals surface area contributed by atoms with Gasteiger partial charge in [0.25, 0.3) is 0 Å². The molecule has 1 atom stereocenters. The molecule has 28 heavy (non-hydrogen) atoms. The minimum Gasteiger partial charge on any atom is -0.346 e. The number of rotatable bonds is 7. The standard InChI is InChI=1S/C22H26N4O2/c1-4-7-20(27)23-16(3)22-25-18-8-5-6-9-19(18)26(22)14-21(28)24-17-12-10-15(2)11-13-17/h5-6,8-13,16H,4,7,14H2,1-3H3,(H,23,27)(H,24,28). The van der Waals surface area contributed by atoms with Gasteiger partial charge in [0.2, 0.25) is 11.8 Å². The van der Waals surface area contributed by atoms with Gasteiger partial charge < -0.3 is 15.2 Å². The number of aromatic nitrogens is 2. The molecule has 0 aliphatic carbocycles. The molecule has 0 fully saturated rings. The van der Waals surface area contributed by atoms with Gasteiger partial charge in [-0.25, -0.2) is 4.98 Å². The highest BCUT2D eigenvalue weighted by atomic mass is 16.2. The quantitative estimate of drug-likeness (QED) is 0.653. The van der Waals surface area contributed by atoms with Crippen LogP contribution in [0.1, 0.15) is 44.1 Å². The van der Waals surface area contributed by atoms with Crippen molar-refractivity contribution in [3.63, 3.8) is 0 Å². The van der Waals surface area contributed by atoms with E-state index in [0.29, 0.717) is 12.2 Å². The van der Waals surface area contributed by atoms with E-state index in [0.717, 1.165) is 28.7 Å². The number of fused-ring (bicyclic) bond motifs is 1. The van der Waals surface area contributed by atoms with Crippen LogP contribution in [-0.4, -0.2) is 21.4 Å². The Morgan fingerprint density at radius 1 is 1.07 bits per heavy atom. The molecule has 1 unspecified atom stereocenters. The first kappa shape index (κ1) is 19.6. The number of nitrogens with one attached hydrogen (secondary N) is 2. The van der Waals surface area contributed by atoms with Crippen LogP contribution in [0.5, 0.6) is 0 Å². The van der Waals surface area contributed by atoms with E-state index >= 15 is 0 Å². The first-order chi connectivity index (χ1) is 13.5. The molecule has 1 aromatic heterocycles. The second kappa shape index (κ2) is 8.69. The van der Waals surface area contributed by atoms with Crippen molar-refractivity contribution in [2.45, 2.75) is 46.2 Å². The summed E-state index contributed by atoms with van der Waals surface area (Å²) in [6.45, 7) is 5.99. The topological polar surface area (TPSA) is 76.0 Å². The third kappa shape index (κ3) is 4.57. The van der Waals surface area contributed by atoms with Gasteiger partial charge in [-0.1, -0.05) is 36.8 Å². The molecule has 6 heteroatoms. The fraction of sp³-hybridized carbons (Fsp3) is 0.318. The van der Waals surface area contributed by atoms with Crippen molar-refractivity contribution in [1.29, 1.82) is 0 Å². The minimum atomic E-state index is -0.293. The fourth-order valence-corrected chi connectivity index (χ4v) is 3.18. The molecule has 0 bridgehead atoms. The number of anilines is 1. The fourth-order valence-electron chi connectivity index (χ4n) is 3.18. The Bertz CT molecular complexity index is 976. The molecular formula is C22H26N4O2. The normalized spacial score (nSPS) is 12.0. The number of hydrogen-bond acceptors (Lipinski definition) is 3. The third-order valence-electron chi connectivity index (χ3n) is 4.56. The zero-order valence-corrected chi connectivity index (χ0v) is 16.5. The first-order valence-electron chi connectivity index (χ1n) is 9.59. The van der Waals surface area contributed by atoms with E-state index in [2.05, 4.69) is 15.6 Å². The predicted molar refractivity (Wildman–Crippen MR) is 111 cm³/mol. The Morgan fingerprint density at radius 3 is 2.50 bits per heavy atom. The zero-order valence-electron chi connectivity index (χ0n) is 16.5. The number of aryl methyl sites for hydroxylation is 1. The van der Waals surface area contributed by atoms with E-state index in [1.54, 1.807) is 0 Å². The number of benzene rings is 2. The van der Waals surface area contributed by atoms with Crippen LogP contribution in [0.25, 0.3) is 11.0 Å². The Hall–Kier alpha value is -3.15. The number of para-hydroxylation sites is 2.